The monoisotopic (exact) mass is 281 g/mol. The Bertz CT molecular complexity index is 454. The van der Waals surface area contributed by atoms with Crippen LogP contribution in [0, 0.1) is 13.8 Å². The molecule has 3 N–H and O–H groups in total. The van der Waals surface area contributed by atoms with E-state index in [4.69, 9.17) is 5.73 Å². The number of nitrogens with one attached hydrogen (secondary N) is 1. The van der Waals surface area contributed by atoms with Gasteiger partial charge in [0.05, 0.1) is 5.54 Å². The van der Waals surface area contributed by atoms with Crippen LogP contribution in [0.3, 0.4) is 0 Å². The average Bonchev–Trinajstić information content (AvgIpc) is 2.62. The second-order valence-corrected chi connectivity index (χ2v) is 5.88. The molecule has 1 unspecified atom stereocenters. The van der Waals surface area contributed by atoms with E-state index in [9.17, 15) is 4.79 Å². The maximum Gasteiger partial charge on any atom is 0.237 e. The Hall–Kier alpha value is -1.43. The number of aromatic nitrogens is 3. The highest BCUT2D eigenvalue weighted by Gasteiger charge is 2.30. The molecule has 0 aliphatic carbocycles. The van der Waals surface area contributed by atoms with Crippen molar-refractivity contribution >= 4 is 5.91 Å². The lowest BCUT2D eigenvalue weighted by molar-refractivity contribution is -0.124. The van der Waals surface area contributed by atoms with Gasteiger partial charge in [-0.05, 0) is 53.9 Å². The second kappa shape index (κ2) is 6.83. The highest BCUT2D eigenvalue weighted by molar-refractivity contribution is 5.84. The molecule has 1 aromatic rings. The van der Waals surface area contributed by atoms with E-state index >= 15 is 0 Å². The van der Waals surface area contributed by atoms with Crippen molar-refractivity contribution in [1.29, 1.82) is 0 Å². The zero-order chi connectivity index (χ0) is 15.3. The molecule has 1 rings (SSSR count). The van der Waals surface area contributed by atoms with Crippen molar-refractivity contribution in [1.82, 2.24) is 20.1 Å². The summed E-state index contributed by atoms with van der Waals surface area (Å²) >= 11 is 0. The number of carbonyl (C=O) groups is 1. The van der Waals surface area contributed by atoms with Gasteiger partial charge in [-0.2, -0.15) is 5.10 Å². The van der Waals surface area contributed by atoms with Crippen LogP contribution in [-0.4, -0.2) is 32.3 Å². The Morgan fingerprint density at radius 2 is 2.05 bits per heavy atom. The molecule has 0 spiro atoms. The molecule has 0 saturated carbocycles. The number of unbranched alkanes of at least 4 members (excludes halogenated alkanes) is 1. The summed E-state index contributed by atoms with van der Waals surface area (Å²) in [7, 11) is 0. The number of hydrogen-bond donors (Lipinski definition) is 2. The zero-order valence-corrected chi connectivity index (χ0v) is 13.2. The van der Waals surface area contributed by atoms with Crippen LogP contribution in [0.15, 0.2) is 0 Å². The molecule has 0 saturated heterocycles. The molecular formula is C14H27N5O. The Labute approximate surface area is 121 Å². The summed E-state index contributed by atoms with van der Waals surface area (Å²) in [6, 6.07) is 0.229. The average molecular weight is 281 g/mol. The quantitative estimate of drug-likeness (QED) is 0.703. The molecule has 6 nitrogen and oxygen atoms in total. The standard InChI is InChI=1S/C14H27N5O/c1-10(2)17-14(5,13(15)20)8-6-7-9-19-12(4)16-11(3)18-19/h10,17H,6-9H2,1-5H3,(H2,15,20). The predicted octanol–water partition coefficient (Wildman–Crippen LogP) is 1.31. The molecule has 1 amide bonds. The molecule has 1 aromatic heterocycles. The number of nitrogens with zero attached hydrogens (tertiary/aromatic N) is 3. The maximum absolute atomic E-state index is 11.6. The first kappa shape index (κ1) is 16.6. The van der Waals surface area contributed by atoms with Gasteiger partial charge in [0.25, 0.3) is 0 Å². The van der Waals surface area contributed by atoms with E-state index in [1.807, 2.05) is 39.3 Å². The number of amides is 1. The van der Waals surface area contributed by atoms with Crippen LogP contribution in [0.4, 0.5) is 0 Å². The van der Waals surface area contributed by atoms with Gasteiger partial charge in [0.15, 0.2) is 0 Å². The first-order valence-electron chi connectivity index (χ1n) is 7.20. The molecule has 0 fully saturated rings. The SMILES string of the molecule is Cc1nc(C)n(CCCCC(C)(NC(C)C)C(N)=O)n1. The smallest absolute Gasteiger partial charge is 0.237 e. The molecule has 20 heavy (non-hydrogen) atoms. The molecule has 1 atom stereocenters. The first-order chi connectivity index (χ1) is 9.24. The lowest BCUT2D eigenvalue weighted by atomic mass is 9.93. The topological polar surface area (TPSA) is 85.8 Å². The second-order valence-electron chi connectivity index (χ2n) is 5.88. The van der Waals surface area contributed by atoms with Gasteiger partial charge in [0.2, 0.25) is 5.91 Å². The summed E-state index contributed by atoms with van der Waals surface area (Å²) in [4.78, 5) is 15.9. The Morgan fingerprint density at radius 3 is 2.50 bits per heavy atom. The van der Waals surface area contributed by atoms with E-state index in [0.717, 1.165) is 37.5 Å². The number of nitrogens with two attached hydrogens (primary N) is 1. The van der Waals surface area contributed by atoms with Crippen LogP contribution in [0.25, 0.3) is 0 Å². The summed E-state index contributed by atoms with van der Waals surface area (Å²) in [5, 5.41) is 7.59. The number of hydrogen-bond acceptors (Lipinski definition) is 4. The van der Waals surface area contributed by atoms with E-state index in [0.29, 0.717) is 0 Å². The lowest BCUT2D eigenvalue weighted by Crippen LogP contribution is -2.55. The fraction of sp³-hybridized carbons (Fsp3) is 0.786. The summed E-state index contributed by atoms with van der Waals surface area (Å²) in [6.45, 7) is 10.6. The third-order valence-electron chi connectivity index (χ3n) is 3.41. The molecule has 0 bridgehead atoms. The van der Waals surface area contributed by atoms with Gasteiger partial charge in [-0.25, -0.2) is 4.98 Å². The van der Waals surface area contributed by atoms with Crippen LogP contribution >= 0.6 is 0 Å². The van der Waals surface area contributed by atoms with Crippen LogP contribution in [0.5, 0.6) is 0 Å². The molecule has 0 aliphatic heterocycles. The van der Waals surface area contributed by atoms with Crippen LogP contribution in [0.2, 0.25) is 0 Å². The predicted molar refractivity (Wildman–Crippen MR) is 79.2 cm³/mol. The van der Waals surface area contributed by atoms with E-state index in [-0.39, 0.29) is 11.9 Å². The number of primary amides is 1. The minimum absolute atomic E-state index is 0.229. The number of aryl methyl sites for hydroxylation is 3. The highest BCUT2D eigenvalue weighted by Crippen LogP contribution is 2.15. The van der Waals surface area contributed by atoms with E-state index < -0.39 is 5.54 Å². The summed E-state index contributed by atoms with van der Waals surface area (Å²) < 4.78 is 1.91. The van der Waals surface area contributed by atoms with Crippen molar-refractivity contribution in [3.05, 3.63) is 11.6 Å². The van der Waals surface area contributed by atoms with Crippen molar-refractivity contribution in [3.63, 3.8) is 0 Å². The lowest BCUT2D eigenvalue weighted by Gasteiger charge is -2.29. The Morgan fingerprint density at radius 1 is 1.40 bits per heavy atom. The number of rotatable bonds is 8. The molecule has 0 aliphatic rings. The molecule has 1 heterocycles. The van der Waals surface area contributed by atoms with E-state index in [1.54, 1.807) is 0 Å². The van der Waals surface area contributed by atoms with Gasteiger partial charge in [0, 0.05) is 12.6 Å². The fourth-order valence-electron chi connectivity index (χ4n) is 2.42. The largest absolute Gasteiger partial charge is 0.368 e. The van der Waals surface area contributed by atoms with Crippen LogP contribution in [-0.2, 0) is 11.3 Å². The Balaban J connectivity index is 2.45. The minimum Gasteiger partial charge on any atom is -0.368 e. The minimum atomic E-state index is -0.637. The van der Waals surface area contributed by atoms with Gasteiger partial charge in [0.1, 0.15) is 11.6 Å². The fourth-order valence-corrected chi connectivity index (χ4v) is 2.42. The van der Waals surface area contributed by atoms with E-state index in [1.165, 1.54) is 0 Å². The van der Waals surface area contributed by atoms with Gasteiger partial charge >= 0.3 is 0 Å². The molecular weight excluding hydrogens is 254 g/mol. The summed E-state index contributed by atoms with van der Waals surface area (Å²) in [6.07, 6.45) is 2.59. The molecule has 6 heteroatoms. The third kappa shape index (κ3) is 4.59. The highest BCUT2D eigenvalue weighted by atomic mass is 16.1. The van der Waals surface area contributed by atoms with E-state index in [2.05, 4.69) is 15.4 Å². The van der Waals surface area contributed by atoms with Crippen molar-refractivity contribution in [2.45, 2.75) is 72.0 Å². The maximum atomic E-state index is 11.6. The number of carbonyl (C=O) groups excluding carboxylic acids is 1. The summed E-state index contributed by atoms with van der Waals surface area (Å²) in [5.74, 6) is 1.44. The first-order valence-corrected chi connectivity index (χ1v) is 7.20. The normalized spacial score (nSPS) is 14.5. The molecule has 0 aromatic carbocycles. The Kier molecular flexibility index (Phi) is 5.68. The van der Waals surface area contributed by atoms with Gasteiger partial charge in [-0.1, -0.05) is 0 Å². The third-order valence-corrected chi connectivity index (χ3v) is 3.41. The van der Waals surface area contributed by atoms with Crippen molar-refractivity contribution in [2.75, 3.05) is 0 Å². The van der Waals surface area contributed by atoms with Crippen LogP contribution < -0.4 is 11.1 Å². The van der Waals surface area contributed by atoms with Gasteiger partial charge in [-0.3, -0.25) is 9.48 Å². The zero-order valence-electron chi connectivity index (χ0n) is 13.2. The van der Waals surface area contributed by atoms with Gasteiger partial charge < -0.3 is 11.1 Å². The summed E-state index contributed by atoms with van der Waals surface area (Å²) in [5.41, 5.74) is 4.87. The van der Waals surface area contributed by atoms with Crippen molar-refractivity contribution in [3.8, 4) is 0 Å². The van der Waals surface area contributed by atoms with Crippen molar-refractivity contribution < 1.29 is 4.79 Å². The van der Waals surface area contributed by atoms with Crippen molar-refractivity contribution in [2.24, 2.45) is 5.73 Å². The molecule has 0 radical (unpaired) electrons. The van der Waals surface area contributed by atoms with Crippen LogP contribution in [0.1, 0.15) is 51.7 Å². The van der Waals surface area contributed by atoms with Gasteiger partial charge in [-0.15, -0.1) is 0 Å². The molecule has 114 valence electrons.